The van der Waals surface area contributed by atoms with Crippen LogP contribution in [0.5, 0.6) is 0 Å². The number of carbonyl (C=O) groups is 1. The number of aryl methyl sites for hydroxylation is 2. The van der Waals surface area contributed by atoms with Crippen molar-refractivity contribution in [3.63, 3.8) is 0 Å². The van der Waals surface area contributed by atoms with Crippen molar-refractivity contribution < 1.29 is 4.79 Å². The highest BCUT2D eigenvalue weighted by Crippen LogP contribution is 2.21. The Balaban J connectivity index is 1.83. The molecule has 0 atom stereocenters. The van der Waals surface area contributed by atoms with Crippen molar-refractivity contribution in [2.75, 3.05) is 11.9 Å². The normalized spacial score (nSPS) is 10.6. The van der Waals surface area contributed by atoms with E-state index < -0.39 is 0 Å². The average molecular weight is 318 g/mol. The summed E-state index contributed by atoms with van der Waals surface area (Å²) in [6, 6.07) is 20.1. The highest BCUT2D eigenvalue weighted by Gasteiger charge is 2.16. The highest BCUT2D eigenvalue weighted by atomic mass is 16.1. The van der Waals surface area contributed by atoms with Crippen molar-refractivity contribution >= 4 is 11.5 Å². The molecule has 1 heterocycles. The Kier molecular flexibility index (Phi) is 4.52. The van der Waals surface area contributed by atoms with E-state index in [1.54, 1.807) is 0 Å². The molecule has 0 amide bonds. The SMILES string of the molecule is Cc1ccccc1NCC(=O)c1cc(C)n(-c2ccccc2)c1C. The summed E-state index contributed by atoms with van der Waals surface area (Å²) in [7, 11) is 0. The molecule has 3 nitrogen and oxygen atoms in total. The van der Waals surface area contributed by atoms with Crippen LogP contribution in [0.4, 0.5) is 5.69 Å². The lowest BCUT2D eigenvalue weighted by molar-refractivity contribution is 0.101. The Bertz CT molecular complexity index is 863. The number of nitrogens with one attached hydrogen (secondary N) is 1. The van der Waals surface area contributed by atoms with Crippen molar-refractivity contribution in [2.45, 2.75) is 20.8 Å². The molecule has 24 heavy (non-hydrogen) atoms. The predicted octanol–water partition coefficient (Wildman–Crippen LogP) is 4.70. The first kappa shape index (κ1) is 16.1. The summed E-state index contributed by atoms with van der Waals surface area (Å²) in [6.45, 7) is 6.37. The fourth-order valence-corrected chi connectivity index (χ4v) is 3.06. The molecule has 0 aliphatic rings. The van der Waals surface area contributed by atoms with Crippen LogP contribution in [0, 0.1) is 20.8 Å². The minimum absolute atomic E-state index is 0.105. The molecule has 0 aliphatic carbocycles. The first-order valence-corrected chi connectivity index (χ1v) is 8.15. The van der Waals surface area contributed by atoms with Crippen LogP contribution in [0.1, 0.15) is 27.3 Å². The van der Waals surface area contributed by atoms with Crippen LogP contribution < -0.4 is 5.32 Å². The number of aromatic nitrogens is 1. The summed E-state index contributed by atoms with van der Waals surface area (Å²) >= 11 is 0. The van der Waals surface area contributed by atoms with Crippen LogP contribution in [0.15, 0.2) is 60.7 Å². The van der Waals surface area contributed by atoms with E-state index in [4.69, 9.17) is 0 Å². The van der Waals surface area contributed by atoms with E-state index >= 15 is 0 Å². The first-order chi connectivity index (χ1) is 11.6. The van der Waals surface area contributed by atoms with Gasteiger partial charge in [0, 0.05) is 28.3 Å². The second kappa shape index (κ2) is 6.75. The third-order valence-electron chi connectivity index (χ3n) is 4.33. The van der Waals surface area contributed by atoms with Gasteiger partial charge in [-0.3, -0.25) is 4.79 Å². The summed E-state index contributed by atoms with van der Waals surface area (Å²) in [5.41, 5.74) is 6.05. The van der Waals surface area contributed by atoms with Crippen molar-refractivity contribution in [2.24, 2.45) is 0 Å². The molecular weight excluding hydrogens is 296 g/mol. The molecule has 3 rings (SSSR count). The van der Waals surface area contributed by atoms with Crippen LogP contribution >= 0.6 is 0 Å². The third kappa shape index (κ3) is 3.11. The molecule has 0 radical (unpaired) electrons. The number of benzene rings is 2. The van der Waals surface area contributed by atoms with Gasteiger partial charge < -0.3 is 9.88 Å². The summed E-state index contributed by atoms with van der Waals surface area (Å²) in [5, 5.41) is 3.25. The van der Waals surface area contributed by atoms with Gasteiger partial charge in [0.05, 0.1) is 6.54 Å². The molecule has 3 heteroatoms. The summed E-state index contributed by atoms with van der Waals surface area (Å²) in [5.74, 6) is 0.105. The van der Waals surface area contributed by atoms with Crippen molar-refractivity contribution in [3.8, 4) is 5.69 Å². The summed E-state index contributed by atoms with van der Waals surface area (Å²) < 4.78 is 2.13. The van der Waals surface area contributed by atoms with Gasteiger partial charge in [0.2, 0.25) is 0 Å². The number of anilines is 1. The zero-order valence-electron chi connectivity index (χ0n) is 14.3. The Morgan fingerprint density at radius 1 is 0.958 bits per heavy atom. The fraction of sp³-hybridized carbons (Fsp3) is 0.190. The van der Waals surface area contributed by atoms with E-state index in [0.29, 0.717) is 6.54 Å². The van der Waals surface area contributed by atoms with Gasteiger partial charge in [0.1, 0.15) is 0 Å². The maximum absolute atomic E-state index is 12.7. The van der Waals surface area contributed by atoms with Gasteiger partial charge in [0.15, 0.2) is 5.78 Å². The highest BCUT2D eigenvalue weighted by molar-refractivity contribution is 6.00. The Morgan fingerprint density at radius 3 is 2.33 bits per heavy atom. The van der Waals surface area contributed by atoms with Crippen LogP contribution in [0.2, 0.25) is 0 Å². The fourth-order valence-electron chi connectivity index (χ4n) is 3.06. The molecule has 0 aliphatic heterocycles. The summed E-state index contributed by atoms with van der Waals surface area (Å²) in [4.78, 5) is 12.7. The first-order valence-electron chi connectivity index (χ1n) is 8.15. The number of ketones is 1. The average Bonchev–Trinajstić information content (AvgIpc) is 2.89. The molecule has 2 aromatic carbocycles. The number of para-hydroxylation sites is 2. The molecular formula is C21H22N2O. The van der Waals surface area contributed by atoms with Crippen molar-refractivity contribution in [1.82, 2.24) is 4.57 Å². The zero-order valence-corrected chi connectivity index (χ0v) is 14.3. The molecule has 0 unspecified atom stereocenters. The van der Waals surface area contributed by atoms with Crippen LogP contribution in [-0.4, -0.2) is 16.9 Å². The van der Waals surface area contributed by atoms with Gasteiger partial charge >= 0.3 is 0 Å². The van der Waals surface area contributed by atoms with E-state index in [0.717, 1.165) is 33.9 Å². The van der Waals surface area contributed by atoms with Gasteiger partial charge in [-0.1, -0.05) is 36.4 Å². The quantitative estimate of drug-likeness (QED) is 0.692. The van der Waals surface area contributed by atoms with Gasteiger partial charge in [-0.2, -0.15) is 0 Å². The van der Waals surface area contributed by atoms with Gasteiger partial charge in [-0.15, -0.1) is 0 Å². The number of carbonyl (C=O) groups excluding carboxylic acids is 1. The van der Waals surface area contributed by atoms with Gasteiger partial charge in [-0.25, -0.2) is 0 Å². The van der Waals surface area contributed by atoms with Crippen molar-refractivity contribution in [3.05, 3.63) is 83.2 Å². The minimum Gasteiger partial charge on any atom is -0.377 e. The maximum Gasteiger partial charge on any atom is 0.183 e. The molecule has 0 spiro atoms. The zero-order chi connectivity index (χ0) is 17.1. The van der Waals surface area contributed by atoms with Crippen LogP contribution in [-0.2, 0) is 0 Å². The third-order valence-corrected chi connectivity index (χ3v) is 4.33. The van der Waals surface area contributed by atoms with E-state index in [9.17, 15) is 4.79 Å². The van der Waals surface area contributed by atoms with E-state index in [2.05, 4.69) is 22.0 Å². The second-order valence-corrected chi connectivity index (χ2v) is 6.05. The van der Waals surface area contributed by atoms with Gasteiger partial charge in [0.25, 0.3) is 0 Å². The van der Waals surface area contributed by atoms with Gasteiger partial charge in [-0.05, 0) is 50.6 Å². The number of hydrogen-bond acceptors (Lipinski definition) is 2. The number of rotatable bonds is 5. The molecule has 0 fully saturated rings. The van der Waals surface area contributed by atoms with Crippen molar-refractivity contribution in [1.29, 1.82) is 0 Å². The number of Topliss-reactive ketones (excluding diaryl/α,β-unsaturated/α-hetero) is 1. The molecule has 1 N–H and O–H groups in total. The van der Waals surface area contributed by atoms with E-state index in [1.807, 2.05) is 69.3 Å². The Hall–Kier alpha value is -2.81. The maximum atomic E-state index is 12.7. The molecule has 0 saturated carbocycles. The smallest absolute Gasteiger partial charge is 0.183 e. The Labute approximate surface area is 143 Å². The monoisotopic (exact) mass is 318 g/mol. The minimum atomic E-state index is 0.105. The lowest BCUT2D eigenvalue weighted by Gasteiger charge is -2.10. The molecule has 0 saturated heterocycles. The Morgan fingerprint density at radius 2 is 1.62 bits per heavy atom. The lowest BCUT2D eigenvalue weighted by Crippen LogP contribution is -2.15. The second-order valence-electron chi connectivity index (χ2n) is 6.05. The standard InChI is InChI=1S/C21H22N2O/c1-15-9-7-8-12-20(15)22-14-21(24)19-13-16(2)23(17(19)3)18-10-5-4-6-11-18/h4-13,22H,14H2,1-3H3. The predicted molar refractivity (Wildman–Crippen MR) is 99.2 cm³/mol. The number of nitrogens with zero attached hydrogens (tertiary/aromatic N) is 1. The molecule has 122 valence electrons. The van der Waals surface area contributed by atoms with Crippen LogP contribution in [0.3, 0.4) is 0 Å². The largest absolute Gasteiger partial charge is 0.377 e. The van der Waals surface area contributed by atoms with E-state index in [1.165, 1.54) is 0 Å². The van der Waals surface area contributed by atoms with Crippen LogP contribution in [0.25, 0.3) is 5.69 Å². The summed E-state index contributed by atoms with van der Waals surface area (Å²) in [6.07, 6.45) is 0. The number of hydrogen-bond donors (Lipinski definition) is 1. The molecule has 1 aromatic heterocycles. The molecule has 0 bridgehead atoms. The topological polar surface area (TPSA) is 34.0 Å². The molecule has 3 aromatic rings. The lowest BCUT2D eigenvalue weighted by atomic mass is 10.1. The van der Waals surface area contributed by atoms with E-state index in [-0.39, 0.29) is 5.78 Å².